The summed E-state index contributed by atoms with van der Waals surface area (Å²) in [4.78, 5) is 6.78. The summed E-state index contributed by atoms with van der Waals surface area (Å²) < 4.78 is 15.3. The second kappa shape index (κ2) is 23.7. The van der Waals surface area contributed by atoms with Crippen molar-refractivity contribution < 1.29 is 8.83 Å². The van der Waals surface area contributed by atoms with Crippen molar-refractivity contribution in [2.24, 2.45) is 0 Å². The third kappa shape index (κ3) is 11.7. The summed E-state index contributed by atoms with van der Waals surface area (Å²) in [5.74, 6) is 0. The molecule has 2 heterocycles. The lowest BCUT2D eigenvalue weighted by Crippen LogP contribution is -2.13. The summed E-state index contributed by atoms with van der Waals surface area (Å²) in [6.07, 6.45) is 4.60. The van der Waals surface area contributed by atoms with Gasteiger partial charge in [-0.25, -0.2) is 0 Å². The molecule has 0 radical (unpaired) electrons. The van der Waals surface area contributed by atoms with Gasteiger partial charge in [0.1, 0.15) is 23.7 Å². The smallest absolute Gasteiger partial charge is 0.136 e. The molecule has 2 aromatic heterocycles. The zero-order valence-electron chi connectivity index (χ0n) is 39.6. The summed E-state index contributed by atoms with van der Waals surface area (Å²) >= 11 is 9.43. The molecule has 0 saturated carbocycles. The van der Waals surface area contributed by atoms with Gasteiger partial charge in [-0.2, -0.15) is 0 Å². The summed E-state index contributed by atoms with van der Waals surface area (Å²) in [6, 6.07) is 92.0. The number of anilines is 9. The first-order chi connectivity index (χ1) is 36.0. The average Bonchev–Trinajstić information content (AvgIpc) is 4.07. The Morgan fingerprint density at radius 3 is 1.16 bits per heavy atom. The minimum atomic E-state index is 0.865. The quantitative estimate of drug-likeness (QED) is 0.121. The van der Waals surface area contributed by atoms with Crippen LogP contribution in [0.15, 0.2) is 297 Å². The van der Waals surface area contributed by atoms with Crippen LogP contribution in [0.4, 0.5) is 51.2 Å². The lowest BCUT2D eigenvalue weighted by atomic mass is 10.0. The molecule has 0 aliphatic rings. The molecule has 0 saturated heterocycles. The number of hydrogen-bond donors (Lipinski definition) is 0. The van der Waals surface area contributed by atoms with Crippen molar-refractivity contribution in [2.45, 2.75) is 6.42 Å². The molecule has 0 amide bonds. The van der Waals surface area contributed by atoms with Crippen molar-refractivity contribution in [3.05, 3.63) is 303 Å². The maximum Gasteiger partial charge on any atom is 0.136 e. The van der Waals surface area contributed by atoms with Gasteiger partial charge in [0, 0.05) is 57.4 Å². The molecule has 0 fully saturated rings. The highest BCUT2D eigenvalue weighted by molar-refractivity contribution is 14.1. The van der Waals surface area contributed by atoms with E-state index in [9.17, 15) is 0 Å². The SMILES string of the molecule is Brc1ccccc1I.Brc1ccccc1N(c1ccccc1)c1cccc(N(c2ccccc2)c2coc3ccccc23)c1.c1ccc(Cc2cccc(N(c3ccccc3)c3coc4ccccc34)c2)cc1. The molecule has 0 aliphatic heterocycles. The van der Waals surface area contributed by atoms with E-state index in [1.54, 1.807) is 0 Å². The third-order valence-electron chi connectivity index (χ3n) is 12.1. The molecule has 0 N–H and O–H groups in total. The number of rotatable bonds is 11. The van der Waals surface area contributed by atoms with Gasteiger partial charge < -0.3 is 23.5 Å². The van der Waals surface area contributed by atoms with Crippen molar-refractivity contribution in [3.8, 4) is 0 Å². The molecule has 0 spiro atoms. The zero-order valence-corrected chi connectivity index (χ0v) is 44.9. The number of halogens is 3. The summed E-state index contributed by atoms with van der Waals surface area (Å²) in [5.41, 5.74) is 13.9. The highest BCUT2D eigenvalue weighted by Gasteiger charge is 2.21. The summed E-state index contributed by atoms with van der Waals surface area (Å²) in [5, 5.41) is 2.17. The number of benzene rings is 10. The predicted molar refractivity (Wildman–Crippen MR) is 320 cm³/mol. The Hall–Kier alpha value is -7.63. The van der Waals surface area contributed by atoms with Crippen LogP contribution in [-0.2, 0) is 6.42 Å². The maximum absolute atomic E-state index is 5.95. The first kappa shape index (κ1) is 49.0. The van der Waals surface area contributed by atoms with E-state index in [0.717, 1.165) is 84.0 Å². The first-order valence-corrected chi connectivity index (χ1v) is 26.5. The van der Waals surface area contributed by atoms with E-state index in [1.165, 1.54) is 19.2 Å². The van der Waals surface area contributed by atoms with Gasteiger partial charge in [0.25, 0.3) is 0 Å². The molecular weight excluding hydrogens is 1140 g/mol. The monoisotopic (exact) mass is 1190 g/mol. The van der Waals surface area contributed by atoms with Gasteiger partial charge in [0.15, 0.2) is 0 Å². The lowest BCUT2D eigenvalue weighted by molar-refractivity contribution is 0.616. The highest BCUT2D eigenvalue weighted by atomic mass is 127. The molecule has 0 atom stereocenters. The maximum atomic E-state index is 5.95. The number of para-hydroxylation sites is 6. The van der Waals surface area contributed by atoms with Crippen LogP contribution in [0.5, 0.6) is 0 Å². The van der Waals surface area contributed by atoms with Gasteiger partial charge in [0.05, 0.1) is 17.1 Å². The van der Waals surface area contributed by atoms with Crippen molar-refractivity contribution in [1.82, 2.24) is 0 Å². The second-order valence-corrected chi connectivity index (χ2v) is 19.8. The van der Waals surface area contributed by atoms with Crippen LogP contribution < -0.4 is 14.7 Å². The van der Waals surface area contributed by atoms with E-state index in [2.05, 4.69) is 263 Å². The molecule has 0 unspecified atom stereocenters. The molecule has 12 rings (SSSR count). The van der Waals surface area contributed by atoms with E-state index in [0.29, 0.717) is 0 Å². The van der Waals surface area contributed by atoms with Gasteiger partial charge in [-0.3, -0.25) is 0 Å². The normalized spacial score (nSPS) is 10.7. The van der Waals surface area contributed by atoms with E-state index in [1.807, 2.05) is 85.3 Å². The third-order valence-corrected chi connectivity index (χ3v) is 15.2. The number of nitrogens with zero attached hydrogens (tertiary/aromatic N) is 3. The van der Waals surface area contributed by atoms with Crippen molar-refractivity contribution in [2.75, 3.05) is 14.7 Å². The molecule has 5 nitrogen and oxygen atoms in total. The van der Waals surface area contributed by atoms with Crippen molar-refractivity contribution in [1.29, 1.82) is 0 Å². The van der Waals surface area contributed by atoms with Crippen LogP contribution in [0.25, 0.3) is 21.9 Å². The van der Waals surface area contributed by atoms with Gasteiger partial charge >= 0.3 is 0 Å². The van der Waals surface area contributed by atoms with Crippen LogP contribution in [0, 0.1) is 3.57 Å². The van der Waals surface area contributed by atoms with Gasteiger partial charge in [-0.1, -0.05) is 152 Å². The molecule has 0 bridgehead atoms. The molecule has 10 aromatic carbocycles. The number of fused-ring (bicyclic) bond motifs is 2. The van der Waals surface area contributed by atoms with E-state index < -0.39 is 0 Å². The Morgan fingerprint density at radius 2 is 0.685 bits per heavy atom. The summed E-state index contributed by atoms with van der Waals surface area (Å²) in [7, 11) is 0. The average molecular weight is 1190 g/mol. The van der Waals surface area contributed by atoms with Crippen LogP contribution in [0.3, 0.4) is 0 Å². The van der Waals surface area contributed by atoms with Crippen LogP contribution >= 0.6 is 54.5 Å². The largest absolute Gasteiger partial charge is 0.462 e. The topological polar surface area (TPSA) is 36.0 Å². The fraction of sp³-hybridized carbons (Fsp3) is 0.0154. The lowest BCUT2D eigenvalue weighted by Gasteiger charge is -2.29. The van der Waals surface area contributed by atoms with Crippen LogP contribution in [-0.4, -0.2) is 0 Å². The van der Waals surface area contributed by atoms with Crippen LogP contribution in [0.2, 0.25) is 0 Å². The second-order valence-electron chi connectivity index (χ2n) is 17.0. The Morgan fingerprint density at radius 1 is 0.315 bits per heavy atom. The Bertz CT molecular complexity index is 3660. The molecule has 8 heteroatoms. The molecule has 0 aliphatic carbocycles. The number of hydrogen-bond acceptors (Lipinski definition) is 5. The zero-order chi connectivity index (χ0) is 49.8. The summed E-state index contributed by atoms with van der Waals surface area (Å²) in [6.45, 7) is 0. The van der Waals surface area contributed by atoms with Crippen LogP contribution in [0.1, 0.15) is 11.1 Å². The van der Waals surface area contributed by atoms with Gasteiger partial charge in [-0.15, -0.1) is 0 Å². The van der Waals surface area contributed by atoms with Crippen molar-refractivity contribution >= 4 is 128 Å². The number of furan rings is 2. The Kier molecular flexibility index (Phi) is 15.9. The minimum absolute atomic E-state index is 0.865. The fourth-order valence-electron chi connectivity index (χ4n) is 8.77. The molecule has 12 aromatic rings. The predicted octanol–water partition coefficient (Wildman–Crippen LogP) is 20.7. The van der Waals surface area contributed by atoms with E-state index >= 15 is 0 Å². The highest BCUT2D eigenvalue weighted by Crippen LogP contribution is 2.45. The van der Waals surface area contributed by atoms with E-state index in [4.69, 9.17) is 8.83 Å². The molecule has 356 valence electrons. The first-order valence-electron chi connectivity index (χ1n) is 23.8. The fourth-order valence-corrected chi connectivity index (χ4v) is 9.90. The van der Waals surface area contributed by atoms with Gasteiger partial charge in [0.2, 0.25) is 0 Å². The molecular formula is C65H48Br2IN3O2. The molecule has 73 heavy (non-hydrogen) atoms. The van der Waals surface area contributed by atoms with Crippen molar-refractivity contribution in [3.63, 3.8) is 0 Å². The Balaban J connectivity index is 0.000000148. The standard InChI is InChI=1S/C32H23BrN2O.C27H21NO.C6H4BrI/c33-29-19-8-9-20-30(29)34(24-12-3-1-4-13-24)26-16-11-17-27(22-26)35(25-14-5-2-6-15-25)31-23-36-32-21-10-7-18-28(31)32;1-3-10-21(11-4-1)18-22-12-9-15-24(19-22)28(23-13-5-2-6-14-23)26-20-29-27-17-8-7-16-25(26)27;7-5-3-1-2-4-6(5)8/h1-23H;1-17,19-20H,18H2;1-4H. The van der Waals surface area contributed by atoms with E-state index in [-0.39, 0.29) is 0 Å². The minimum Gasteiger partial charge on any atom is -0.462 e. The van der Waals surface area contributed by atoms with Gasteiger partial charge in [-0.05, 0) is 187 Å². The Labute approximate surface area is 457 Å².